The van der Waals surface area contributed by atoms with Crippen molar-refractivity contribution in [3.05, 3.63) is 0 Å². The number of hydrogen-bond donors (Lipinski definition) is 0. The van der Waals surface area contributed by atoms with Crippen molar-refractivity contribution in [3.8, 4) is 0 Å². The fourth-order valence-electron chi connectivity index (χ4n) is 2.14. The molecule has 2 aliphatic rings. The SMILES string of the molecule is O=C1CCC2[B]C1CCC2. The number of Topliss-reactive ketones (excluding diaryl/α,β-unsaturated/α-hetero) is 1. The predicted molar refractivity (Wildman–Crippen MR) is 41.3 cm³/mol. The van der Waals surface area contributed by atoms with E-state index in [-0.39, 0.29) is 0 Å². The van der Waals surface area contributed by atoms with Gasteiger partial charge in [0.2, 0.25) is 0 Å². The van der Waals surface area contributed by atoms with Crippen LogP contribution in [0.3, 0.4) is 0 Å². The summed E-state index contributed by atoms with van der Waals surface area (Å²) in [5, 5.41) is 0. The number of ketones is 1. The smallest absolute Gasteiger partial charge is 0.128 e. The van der Waals surface area contributed by atoms with Crippen molar-refractivity contribution < 1.29 is 4.79 Å². The molecule has 2 saturated heterocycles. The molecule has 2 rings (SSSR count). The quantitative estimate of drug-likeness (QED) is 0.463. The highest BCUT2D eigenvalue weighted by atomic mass is 16.1. The molecule has 2 unspecified atom stereocenters. The van der Waals surface area contributed by atoms with E-state index in [2.05, 4.69) is 7.28 Å². The highest BCUT2D eigenvalue weighted by Gasteiger charge is 2.32. The van der Waals surface area contributed by atoms with Crippen LogP contribution in [0.4, 0.5) is 0 Å². The van der Waals surface area contributed by atoms with Crippen molar-refractivity contribution in [1.29, 1.82) is 0 Å². The van der Waals surface area contributed by atoms with Crippen LogP contribution in [-0.2, 0) is 4.79 Å². The molecule has 0 aromatic heterocycles. The number of carbonyl (C=O) groups is 1. The van der Waals surface area contributed by atoms with E-state index in [1.807, 2.05) is 0 Å². The minimum absolute atomic E-state index is 0.354. The van der Waals surface area contributed by atoms with Crippen LogP contribution in [-0.4, -0.2) is 13.1 Å². The minimum atomic E-state index is 0.354. The molecule has 0 aromatic carbocycles. The zero-order valence-electron chi connectivity index (χ0n) is 6.18. The molecule has 2 aliphatic heterocycles. The summed E-state index contributed by atoms with van der Waals surface area (Å²) in [5.41, 5.74) is 0. The van der Waals surface area contributed by atoms with E-state index in [0.717, 1.165) is 25.1 Å². The number of rotatable bonds is 0. The molecule has 53 valence electrons. The highest BCUT2D eigenvalue weighted by Crippen LogP contribution is 2.38. The van der Waals surface area contributed by atoms with E-state index in [1.54, 1.807) is 0 Å². The lowest BCUT2D eigenvalue weighted by atomic mass is 9.44. The fraction of sp³-hybridized carbons (Fsp3) is 0.875. The van der Waals surface area contributed by atoms with E-state index in [0.29, 0.717) is 11.6 Å². The number of hydrogen-bond acceptors (Lipinski definition) is 1. The molecule has 1 radical (unpaired) electrons. The minimum Gasteiger partial charge on any atom is -0.300 e. The van der Waals surface area contributed by atoms with Crippen molar-refractivity contribution in [2.75, 3.05) is 0 Å². The molecule has 2 heterocycles. The maximum atomic E-state index is 11.2. The molecule has 0 amide bonds. The highest BCUT2D eigenvalue weighted by molar-refractivity contribution is 6.47. The fourth-order valence-corrected chi connectivity index (χ4v) is 2.14. The zero-order valence-corrected chi connectivity index (χ0v) is 6.18. The van der Waals surface area contributed by atoms with E-state index < -0.39 is 0 Å². The molecule has 0 saturated carbocycles. The molecule has 0 N–H and O–H groups in total. The molecule has 2 atom stereocenters. The molecule has 0 spiro atoms. The van der Waals surface area contributed by atoms with Crippen molar-refractivity contribution in [3.63, 3.8) is 0 Å². The summed E-state index contributed by atoms with van der Waals surface area (Å²) in [6.07, 6.45) is 5.73. The number of fused-ring (bicyclic) bond motifs is 2. The van der Waals surface area contributed by atoms with Gasteiger partial charge >= 0.3 is 0 Å². The Bertz CT molecular complexity index is 155. The average molecular weight is 135 g/mol. The van der Waals surface area contributed by atoms with Gasteiger partial charge in [-0.3, -0.25) is 0 Å². The second kappa shape index (κ2) is 2.41. The van der Waals surface area contributed by atoms with Crippen LogP contribution in [0.1, 0.15) is 32.1 Å². The number of carbonyl (C=O) groups excluding carboxylic acids is 1. The maximum absolute atomic E-state index is 11.2. The third kappa shape index (κ3) is 1.000. The van der Waals surface area contributed by atoms with Gasteiger partial charge in [0.15, 0.2) is 0 Å². The van der Waals surface area contributed by atoms with Crippen molar-refractivity contribution in [2.24, 2.45) is 0 Å². The van der Waals surface area contributed by atoms with Gasteiger partial charge in [0.05, 0.1) is 0 Å². The van der Waals surface area contributed by atoms with Gasteiger partial charge < -0.3 is 4.79 Å². The third-order valence-electron chi connectivity index (χ3n) is 2.77. The van der Waals surface area contributed by atoms with E-state index in [4.69, 9.17) is 0 Å². The molecular formula is C8H12BO. The average Bonchev–Trinajstić information content (AvgIpc) is 1.99. The topological polar surface area (TPSA) is 17.1 Å². The molecule has 0 aromatic rings. The third-order valence-corrected chi connectivity index (χ3v) is 2.77. The van der Waals surface area contributed by atoms with Gasteiger partial charge in [-0.25, -0.2) is 0 Å². The van der Waals surface area contributed by atoms with Crippen LogP contribution in [0.2, 0.25) is 11.6 Å². The summed E-state index contributed by atoms with van der Waals surface area (Å²) in [4.78, 5) is 11.2. The Labute approximate surface area is 62.4 Å². The lowest BCUT2D eigenvalue weighted by molar-refractivity contribution is -0.120. The van der Waals surface area contributed by atoms with Crippen LogP contribution in [0.25, 0.3) is 0 Å². The lowest BCUT2D eigenvalue weighted by Gasteiger charge is -2.31. The Kier molecular flexibility index (Phi) is 1.55. The zero-order chi connectivity index (χ0) is 6.97. The first-order valence-corrected chi connectivity index (χ1v) is 4.24. The largest absolute Gasteiger partial charge is 0.300 e. The van der Waals surface area contributed by atoms with Crippen LogP contribution in [0, 0.1) is 0 Å². The van der Waals surface area contributed by atoms with Crippen LogP contribution >= 0.6 is 0 Å². The standard InChI is InChI=1S/C8H12BO/c10-8-5-4-6-2-1-3-7(8)9-6/h6-7H,1-5H2. The summed E-state index contributed by atoms with van der Waals surface area (Å²) < 4.78 is 0. The van der Waals surface area contributed by atoms with Gasteiger partial charge in [0.1, 0.15) is 13.1 Å². The van der Waals surface area contributed by atoms with Gasteiger partial charge in [-0.05, 0) is 5.82 Å². The van der Waals surface area contributed by atoms with Crippen LogP contribution in [0.5, 0.6) is 0 Å². The van der Waals surface area contributed by atoms with Crippen molar-refractivity contribution in [2.45, 2.75) is 43.7 Å². The lowest BCUT2D eigenvalue weighted by Crippen LogP contribution is -2.28. The van der Waals surface area contributed by atoms with Gasteiger partial charge in [-0.15, -0.1) is 0 Å². The predicted octanol–water partition coefficient (Wildman–Crippen LogP) is 1.81. The molecule has 2 bridgehead atoms. The van der Waals surface area contributed by atoms with Crippen molar-refractivity contribution in [1.82, 2.24) is 0 Å². The van der Waals surface area contributed by atoms with Gasteiger partial charge in [-0.2, -0.15) is 0 Å². The van der Waals surface area contributed by atoms with Crippen molar-refractivity contribution >= 4 is 13.1 Å². The molecule has 2 heteroatoms. The van der Waals surface area contributed by atoms with Gasteiger partial charge in [0, 0.05) is 6.42 Å². The summed E-state index contributed by atoms with van der Waals surface area (Å²) in [6, 6.07) is 0. The molecule has 1 nitrogen and oxygen atoms in total. The first-order valence-electron chi connectivity index (χ1n) is 4.24. The Morgan fingerprint density at radius 1 is 1.30 bits per heavy atom. The van der Waals surface area contributed by atoms with E-state index in [1.165, 1.54) is 12.8 Å². The first-order chi connectivity index (χ1) is 4.86. The van der Waals surface area contributed by atoms with Gasteiger partial charge in [0.25, 0.3) is 0 Å². The van der Waals surface area contributed by atoms with E-state index >= 15 is 0 Å². The summed E-state index contributed by atoms with van der Waals surface area (Å²) in [6.45, 7) is 0. The Morgan fingerprint density at radius 2 is 2.20 bits per heavy atom. The second-order valence-electron chi connectivity index (χ2n) is 3.49. The summed E-state index contributed by atoms with van der Waals surface area (Å²) in [5.74, 6) is 1.64. The van der Waals surface area contributed by atoms with Crippen LogP contribution < -0.4 is 0 Å². The van der Waals surface area contributed by atoms with Crippen LogP contribution in [0.15, 0.2) is 0 Å². The second-order valence-corrected chi connectivity index (χ2v) is 3.49. The van der Waals surface area contributed by atoms with Gasteiger partial charge in [-0.1, -0.05) is 31.5 Å². The monoisotopic (exact) mass is 135 g/mol. The Balaban J connectivity index is 2.07. The molecule has 0 aliphatic carbocycles. The first kappa shape index (κ1) is 6.45. The Morgan fingerprint density at radius 3 is 3.00 bits per heavy atom. The maximum Gasteiger partial charge on any atom is 0.128 e. The van der Waals surface area contributed by atoms with E-state index in [9.17, 15) is 4.79 Å². The molecule has 10 heavy (non-hydrogen) atoms. The Hall–Kier alpha value is -0.265. The summed E-state index contributed by atoms with van der Waals surface area (Å²) in [7, 11) is 2.29. The summed E-state index contributed by atoms with van der Waals surface area (Å²) >= 11 is 0. The molecular weight excluding hydrogens is 123 g/mol. The molecule has 2 fully saturated rings. The normalized spacial score (nSPS) is 39.0.